The summed E-state index contributed by atoms with van der Waals surface area (Å²) < 4.78 is 7.36. The second-order valence-electron chi connectivity index (χ2n) is 4.52. The van der Waals surface area contributed by atoms with Crippen molar-refractivity contribution in [1.82, 2.24) is 10.2 Å². The van der Waals surface area contributed by atoms with Gasteiger partial charge in [-0.05, 0) is 69.9 Å². The predicted molar refractivity (Wildman–Crippen MR) is 92.6 cm³/mol. The molecule has 1 aromatic rings. The molecule has 0 aromatic heterocycles. The summed E-state index contributed by atoms with van der Waals surface area (Å²) >= 11 is 7.01. The van der Waals surface area contributed by atoms with Crippen LogP contribution in [0.3, 0.4) is 0 Å². The highest BCUT2D eigenvalue weighted by Gasteiger charge is 2.14. The van der Waals surface area contributed by atoms with Gasteiger partial charge in [-0.3, -0.25) is 4.79 Å². The number of benzene rings is 1. The molecule has 4 nitrogen and oxygen atoms in total. The van der Waals surface area contributed by atoms with Crippen LogP contribution < -0.4 is 10.1 Å². The first-order chi connectivity index (χ1) is 10.0. The molecule has 0 spiro atoms. The van der Waals surface area contributed by atoms with Gasteiger partial charge in [0.15, 0.2) is 6.61 Å². The molecule has 0 fully saturated rings. The SMILES string of the molecule is CCNCc1cc(Br)c(OCC(=O)N(CC)CC)c(Br)c1. The van der Waals surface area contributed by atoms with E-state index >= 15 is 0 Å². The first-order valence-electron chi connectivity index (χ1n) is 7.12. The quantitative estimate of drug-likeness (QED) is 0.697. The van der Waals surface area contributed by atoms with Gasteiger partial charge in [0.1, 0.15) is 5.75 Å². The van der Waals surface area contributed by atoms with Gasteiger partial charge in [-0.15, -0.1) is 0 Å². The smallest absolute Gasteiger partial charge is 0.260 e. The van der Waals surface area contributed by atoms with Crippen molar-refractivity contribution >= 4 is 37.8 Å². The summed E-state index contributed by atoms with van der Waals surface area (Å²) in [5, 5.41) is 3.28. The second-order valence-corrected chi connectivity index (χ2v) is 6.23. The van der Waals surface area contributed by atoms with Gasteiger partial charge in [0, 0.05) is 19.6 Å². The number of nitrogens with zero attached hydrogens (tertiary/aromatic N) is 1. The average Bonchev–Trinajstić information content (AvgIpc) is 2.45. The molecule has 0 bridgehead atoms. The normalized spacial score (nSPS) is 10.5. The van der Waals surface area contributed by atoms with Crippen molar-refractivity contribution in [2.24, 2.45) is 0 Å². The van der Waals surface area contributed by atoms with Crippen molar-refractivity contribution < 1.29 is 9.53 Å². The Balaban J connectivity index is 2.73. The van der Waals surface area contributed by atoms with Crippen LogP contribution in [0.15, 0.2) is 21.1 Å². The minimum atomic E-state index is -0.00414. The number of ether oxygens (including phenoxy) is 1. The highest BCUT2D eigenvalue weighted by Crippen LogP contribution is 2.34. The monoisotopic (exact) mass is 420 g/mol. The third-order valence-corrected chi connectivity index (χ3v) is 4.27. The molecule has 1 aromatic carbocycles. The zero-order chi connectivity index (χ0) is 15.8. The van der Waals surface area contributed by atoms with Crippen molar-refractivity contribution in [2.75, 3.05) is 26.2 Å². The van der Waals surface area contributed by atoms with E-state index in [0.717, 1.165) is 27.6 Å². The van der Waals surface area contributed by atoms with E-state index in [1.54, 1.807) is 4.90 Å². The van der Waals surface area contributed by atoms with E-state index in [0.29, 0.717) is 18.8 Å². The van der Waals surface area contributed by atoms with Gasteiger partial charge in [0.2, 0.25) is 0 Å². The lowest BCUT2D eigenvalue weighted by Gasteiger charge is -2.19. The van der Waals surface area contributed by atoms with E-state index in [-0.39, 0.29) is 12.5 Å². The molecule has 0 unspecified atom stereocenters. The maximum Gasteiger partial charge on any atom is 0.260 e. The number of nitrogens with one attached hydrogen (secondary N) is 1. The van der Waals surface area contributed by atoms with Gasteiger partial charge in [0.05, 0.1) is 8.95 Å². The molecule has 0 radical (unpaired) electrons. The van der Waals surface area contributed by atoms with Crippen LogP contribution in [0.1, 0.15) is 26.3 Å². The number of halogens is 2. The fraction of sp³-hybridized carbons (Fsp3) is 0.533. The highest BCUT2D eigenvalue weighted by atomic mass is 79.9. The Bertz CT molecular complexity index is 454. The molecule has 0 aliphatic rings. The number of hydrogen-bond acceptors (Lipinski definition) is 3. The molecule has 118 valence electrons. The number of hydrogen-bond donors (Lipinski definition) is 1. The number of carbonyl (C=O) groups excluding carboxylic acids is 1. The predicted octanol–water partition coefficient (Wildman–Crippen LogP) is 3.57. The Hall–Kier alpha value is -0.590. The fourth-order valence-corrected chi connectivity index (χ4v) is 3.43. The topological polar surface area (TPSA) is 41.6 Å². The van der Waals surface area contributed by atoms with E-state index in [1.807, 2.05) is 26.0 Å². The van der Waals surface area contributed by atoms with E-state index in [4.69, 9.17) is 4.74 Å². The number of amides is 1. The zero-order valence-electron chi connectivity index (χ0n) is 12.7. The molecule has 1 N–H and O–H groups in total. The second kappa shape index (κ2) is 9.43. The number of likely N-dealkylation sites (N-methyl/N-ethyl adjacent to an activating group) is 1. The summed E-state index contributed by atoms with van der Waals surface area (Å²) in [7, 11) is 0. The highest BCUT2D eigenvalue weighted by molar-refractivity contribution is 9.11. The first-order valence-corrected chi connectivity index (χ1v) is 8.71. The van der Waals surface area contributed by atoms with Crippen LogP contribution in [-0.4, -0.2) is 37.0 Å². The molecule has 21 heavy (non-hydrogen) atoms. The van der Waals surface area contributed by atoms with Crippen LogP contribution in [0.25, 0.3) is 0 Å². The largest absolute Gasteiger partial charge is 0.481 e. The summed E-state index contributed by atoms with van der Waals surface area (Å²) in [6.07, 6.45) is 0. The van der Waals surface area contributed by atoms with Crippen molar-refractivity contribution in [2.45, 2.75) is 27.3 Å². The van der Waals surface area contributed by atoms with Crippen molar-refractivity contribution in [3.8, 4) is 5.75 Å². The van der Waals surface area contributed by atoms with Crippen LogP contribution in [-0.2, 0) is 11.3 Å². The van der Waals surface area contributed by atoms with E-state index < -0.39 is 0 Å². The molecule has 6 heteroatoms. The summed E-state index contributed by atoms with van der Waals surface area (Å²) in [5.41, 5.74) is 1.15. The Morgan fingerprint density at radius 1 is 1.19 bits per heavy atom. The standard InChI is InChI=1S/C15H22Br2N2O2/c1-4-18-9-11-7-12(16)15(13(17)8-11)21-10-14(20)19(5-2)6-3/h7-8,18H,4-6,9-10H2,1-3H3. The van der Waals surface area contributed by atoms with Gasteiger partial charge >= 0.3 is 0 Å². The van der Waals surface area contributed by atoms with Crippen LogP contribution in [0.4, 0.5) is 0 Å². The molecule has 0 aliphatic heterocycles. The summed E-state index contributed by atoms with van der Waals surface area (Å²) in [6, 6.07) is 4.01. The Morgan fingerprint density at radius 3 is 2.24 bits per heavy atom. The molecular formula is C15H22Br2N2O2. The van der Waals surface area contributed by atoms with Crippen molar-refractivity contribution in [3.63, 3.8) is 0 Å². The summed E-state index contributed by atoms with van der Waals surface area (Å²) in [5.74, 6) is 0.659. The third-order valence-electron chi connectivity index (χ3n) is 3.09. The van der Waals surface area contributed by atoms with E-state index in [1.165, 1.54) is 0 Å². The number of carbonyl (C=O) groups is 1. The summed E-state index contributed by atoms with van der Waals surface area (Å²) in [6.45, 7) is 9.15. The van der Waals surface area contributed by atoms with Gasteiger partial charge in [-0.2, -0.15) is 0 Å². The Kier molecular flexibility index (Phi) is 8.29. The van der Waals surface area contributed by atoms with Crippen LogP contribution in [0, 0.1) is 0 Å². The number of rotatable bonds is 8. The molecule has 0 saturated heterocycles. The molecule has 0 atom stereocenters. The molecule has 1 amide bonds. The lowest BCUT2D eigenvalue weighted by atomic mass is 10.2. The van der Waals surface area contributed by atoms with Gasteiger partial charge in [-0.1, -0.05) is 6.92 Å². The van der Waals surface area contributed by atoms with Crippen molar-refractivity contribution in [1.29, 1.82) is 0 Å². The Morgan fingerprint density at radius 2 is 1.76 bits per heavy atom. The molecular weight excluding hydrogens is 400 g/mol. The van der Waals surface area contributed by atoms with Gasteiger partial charge in [0.25, 0.3) is 5.91 Å². The van der Waals surface area contributed by atoms with Crippen LogP contribution in [0.2, 0.25) is 0 Å². The minimum absolute atomic E-state index is 0.00414. The molecule has 1 rings (SSSR count). The van der Waals surface area contributed by atoms with Crippen molar-refractivity contribution in [3.05, 3.63) is 26.6 Å². The van der Waals surface area contributed by atoms with Gasteiger partial charge in [-0.25, -0.2) is 0 Å². The van der Waals surface area contributed by atoms with E-state index in [9.17, 15) is 4.79 Å². The molecule has 0 aliphatic carbocycles. The average molecular weight is 422 g/mol. The van der Waals surface area contributed by atoms with E-state index in [2.05, 4.69) is 44.1 Å². The maximum atomic E-state index is 12.0. The van der Waals surface area contributed by atoms with Crippen LogP contribution >= 0.6 is 31.9 Å². The van der Waals surface area contributed by atoms with Gasteiger partial charge < -0.3 is 15.0 Å². The third kappa shape index (κ3) is 5.60. The summed E-state index contributed by atoms with van der Waals surface area (Å²) in [4.78, 5) is 13.7. The lowest BCUT2D eigenvalue weighted by Crippen LogP contribution is -2.34. The zero-order valence-corrected chi connectivity index (χ0v) is 15.9. The maximum absolute atomic E-state index is 12.0. The van der Waals surface area contributed by atoms with Crippen LogP contribution in [0.5, 0.6) is 5.75 Å². The molecule has 0 saturated carbocycles. The lowest BCUT2D eigenvalue weighted by molar-refractivity contribution is -0.133. The fourth-order valence-electron chi connectivity index (χ4n) is 1.92. The molecule has 0 heterocycles. The Labute approximate surface area is 143 Å². The first kappa shape index (κ1) is 18.5. The minimum Gasteiger partial charge on any atom is -0.481 e.